The van der Waals surface area contributed by atoms with E-state index in [0.29, 0.717) is 12.1 Å². The first-order valence-electron chi connectivity index (χ1n) is 7.04. The van der Waals surface area contributed by atoms with E-state index in [1.54, 1.807) is 6.92 Å². The summed E-state index contributed by atoms with van der Waals surface area (Å²) in [5, 5.41) is 20.0. The van der Waals surface area contributed by atoms with Crippen molar-refractivity contribution >= 4 is 0 Å². The van der Waals surface area contributed by atoms with Crippen LogP contribution >= 0.6 is 0 Å². The monoisotopic (exact) mass is 285 g/mol. The second-order valence-corrected chi connectivity index (χ2v) is 5.49. The van der Waals surface area contributed by atoms with Crippen LogP contribution in [0.1, 0.15) is 37.9 Å². The molecule has 0 bridgehead atoms. The number of benzene rings is 1. The maximum Gasteiger partial charge on any atom is 0.159 e. The Kier molecular flexibility index (Phi) is 5.07. The molecule has 1 aromatic carbocycles. The van der Waals surface area contributed by atoms with Gasteiger partial charge in [-0.15, -0.1) is 0 Å². The summed E-state index contributed by atoms with van der Waals surface area (Å²) in [4.78, 5) is 2.03. The predicted octanol–water partition coefficient (Wildman–Crippen LogP) is 2.23. The number of hydrogen-bond donors (Lipinski definition) is 2. The van der Waals surface area contributed by atoms with Gasteiger partial charge in [-0.25, -0.2) is 8.78 Å². The largest absolute Gasteiger partial charge is 0.392 e. The maximum atomic E-state index is 13.2. The normalized spacial score (nSPS) is 23.6. The highest BCUT2D eigenvalue weighted by Gasteiger charge is 2.28. The molecule has 0 saturated carbocycles. The summed E-state index contributed by atoms with van der Waals surface area (Å²) >= 11 is 0. The van der Waals surface area contributed by atoms with E-state index in [4.69, 9.17) is 0 Å². The number of β-amino-alcohol motifs (C(OH)–C–C–N with tert-alkyl or cyclic N) is 1. The minimum atomic E-state index is -0.952. The Morgan fingerprint density at radius 3 is 2.65 bits per heavy atom. The topological polar surface area (TPSA) is 43.7 Å². The first kappa shape index (κ1) is 15.4. The van der Waals surface area contributed by atoms with Crippen molar-refractivity contribution in [3.05, 3.63) is 35.4 Å². The van der Waals surface area contributed by atoms with Crippen molar-refractivity contribution in [1.82, 2.24) is 4.90 Å². The van der Waals surface area contributed by atoms with E-state index in [0.717, 1.165) is 37.9 Å². The van der Waals surface area contributed by atoms with Crippen molar-refractivity contribution in [2.75, 3.05) is 13.1 Å². The number of halogens is 2. The van der Waals surface area contributed by atoms with E-state index in [1.807, 2.05) is 4.90 Å². The predicted molar refractivity (Wildman–Crippen MR) is 72.2 cm³/mol. The first-order chi connectivity index (χ1) is 9.49. The Balaban J connectivity index is 2.05. The van der Waals surface area contributed by atoms with Crippen molar-refractivity contribution in [2.24, 2.45) is 0 Å². The van der Waals surface area contributed by atoms with Gasteiger partial charge in [0.15, 0.2) is 11.6 Å². The van der Waals surface area contributed by atoms with Crippen LogP contribution in [-0.4, -0.2) is 40.3 Å². The van der Waals surface area contributed by atoms with Gasteiger partial charge < -0.3 is 10.2 Å². The van der Waals surface area contributed by atoms with Gasteiger partial charge in [0, 0.05) is 12.6 Å². The van der Waals surface area contributed by atoms with Crippen LogP contribution in [0.3, 0.4) is 0 Å². The lowest BCUT2D eigenvalue weighted by Crippen LogP contribution is -2.47. The minimum Gasteiger partial charge on any atom is -0.392 e. The molecular weight excluding hydrogens is 264 g/mol. The average Bonchev–Trinajstić information content (AvgIpc) is 2.42. The molecule has 3 atom stereocenters. The average molecular weight is 285 g/mol. The van der Waals surface area contributed by atoms with E-state index in [1.165, 1.54) is 6.07 Å². The van der Waals surface area contributed by atoms with Gasteiger partial charge in [0.25, 0.3) is 0 Å². The molecule has 2 rings (SSSR count). The Morgan fingerprint density at radius 1 is 1.25 bits per heavy atom. The molecule has 3 nitrogen and oxygen atoms in total. The van der Waals surface area contributed by atoms with Gasteiger partial charge in [-0.2, -0.15) is 0 Å². The molecule has 1 fully saturated rings. The molecule has 0 amide bonds. The Bertz CT molecular complexity index is 453. The molecule has 112 valence electrons. The zero-order valence-corrected chi connectivity index (χ0v) is 11.6. The highest BCUT2D eigenvalue weighted by molar-refractivity contribution is 5.20. The molecule has 0 spiro atoms. The molecule has 1 heterocycles. The maximum absolute atomic E-state index is 13.2. The molecular formula is C15H21F2NO2. The Labute approximate surface area is 117 Å². The number of aliphatic hydroxyl groups excluding tert-OH is 2. The number of piperidine rings is 1. The van der Waals surface area contributed by atoms with E-state index >= 15 is 0 Å². The van der Waals surface area contributed by atoms with Crippen molar-refractivity contribution in [3.8, 4) is 0 Å². The quantitative estimate of drug-likeness (QED) is 0.891. The van der Waals surface area contributed by atoms with Crippen LogP contribution in [-0.2, 0) is 0 Å². The van der Waals surface area contributed by atoms with Gasteiger partial charge in [-0.05, 0) is 44.0 Å². The molecule has 5 heteroatoms. The summed E-state index contributed by atoms with van der Waals surface area (Å²) in [6.07, 6.45) is 1.63. The standard InChI is InChI=1S/C15H21F2NO2/c1-10(19)14-4-2-3-7-18(14)9-15(20)11-5-6-12(16)13(17)8-11/h5-6,8,10,14-15,19-20H,2-4,7,9H2,1H3/t10-,14+,15-/m0/s1. The van der Waals surface area contributed by atoms with Gasteiger partial charge in [0.2, 0.25) is 0 Å². The number of hydrogen-bond acceptors (Lipinski definition) is 3. The van der Waals surface area contributed by atoms with Gasteiger partial charge in [-0.3, -0.25) is 4.90 Å². The second kappa shape index (κ2) is 6.61. The zero-order chi connectivity index (χ0) is 14.7. The van der Waals surface area contributed by atoms with Crippen molar-refractivity contribution < 1.29 is 19.0 Å². The molecule has 1 saturated heterocycles. The van der Waals surface area contributed by atoms with Crippen LogP contribution in [0, 0.1) is 11.6 Å². The fraction of sp³-hybridized carbons (Fsp3) is 0.600. The van der Waals surface area contributed by atoms with E-state index in [9.17, 15) is 19.0 Å². The molecule has 1 aliphatic heterocycles. The number of likely N-dealkylation sites (tertiary alicyclic amines) is 1. The summed E-state index contributed by atoms with van der Waals surface area (Å²) in [6, 6.07) is 3.46. The smallest absolute Gasteiger partial charge is 0.159 e. The molecule has 0 aliphatic carbocycles. The summed E-state index contributed by atoms with van der Waals surface area (Å²) in [5.41, 5.74) is 0.360. The third-order valence-electron chi connectivity index (χ3n) is 3.96. The summed E-state index contributed by atoms with van der Waals surface area (Å²) < 4.78 is 26.1. The van der Waals surface area contributed by atoms with E-state index in [-0.39, 0.29) is 6.04 Å². The number of rotatable bonds is 4. The fourth-order valence-corrected chi connectivity index (χ4v) is 2.84. The van der Waals surface area contributed by atoms with Gasteiger partial charge in [-0.1, -0.05) is 12.5 Å². The number of aliphatic hydroxyl groups is 2. The SMILES string of the molecule is C[C@H](O)[C@H]1CCCCN1C[C@H](O)c1ccc(F)c(F)c1. The van der Waals surface area contributed by atoms with Crippen LogP contribution in [0.5, 0.6) is 0 Å². The van der Waals surface area contributed by atoms with Crippen LogP contribution in [0.15, 0.2) is 18.2 Å². The second-order valence-electron chi connectivity index (χ2n) is 5.49. The van der Waals surface area contributed by atoms with Gasteiger partial charge >= 0.3 is 0 Å². The van der Waals surface area contributed by atoms with Gasteiger partial charge in [0.05, 0.1) is 12.2 Å². The Morgan fingerprint density at radius 2 is 2.00 bits per heavy atom. The van der Waals surface area contributed by atoms with Gasteiger partial charge in [0.1, 0.15) is 0 Å². The van der Waals surface area contributed by atoms with Crippen LogP contribution in [0.25, 0.3) is 0 Å². The zero-order valence-electron chi connectivity index (χ0n) is 11.6. The molecule has 0 unspecified atom stereocenters. The van der Waals surface area contributed by atoms with Crippen LogP contribution < -0.4 is 0 Å². The lowest BCUT2D eigenvalue weighted by molar-refractivity contribution is 0.00755. The summed E-state index contributed by atoms with van der Waals surface area (Å²) in [6.45, 7) is 2.86. The van der Waals surface area contributed by atoms with E-state index in [2.05, 4.69) is 0 Å². The molecule has 0 radical (unpaired) electrons. The van der Waals surface area contributed by atoms with Crippen molar-refractivity contribution in [3.63, 3.8) is 0 Å². The lowest BCUT2D eigenvalue weighted by Gasteiger charge is -2.38. The van der Waals surface area contributed by atoms with Crippen molar-refractivity contribution in [1.29, 1.82) is 0 Å². The molecule has 1 aromatic rings. The molecule has 1 aliphatic rings. The fourth-order valence-electron chi connectivity index (χ4n) is 2.84. The molecule has 20 heavy (non-hydrogen) atoms. The van der Waals surface area contributed by atoms with E-state index < -0.39 is 23.8 Å². The highest BCUT2D eigenvalue weighted by atomic mass is 19.2. The lowest BCUT2D eigenvalue weighted by atomic mass is 9.97. The third kappa shape index (κ3) is 3.53. The van der Waals surface area contributed by atoms with Crippen LogP contribution in [0.2, 0.25) is 0 Å². The Hall–Kier alpha value is -1.04. The molecule has 0 aromatic heterocycles. The third-order valence-corrected chi connectivity index (χ3v) is 3.96. The molecule has 2 N–H and O–H groups in total. The van der Waals surface area contributed by atoms with Crippen LogP contribution in [0.4, 0.5) is 8.78 Å². The minimum absolute atomic E-state index is 0.0173. The van der Waals surface area contributed by atoms with Crippen molar-refractivity contribution in [2.45, 2.75) is 44.4 Å². The summed E-state index contributed by atoms with van der Waals surface area (Å²) in [5.74, 6) is -1.87. The first-order valence-corrected chi connectivity index (χ1v) is 7.04. The highest BCUT2D eigenvalue weighted by Crippen LogP contribution is 2.24. The summed E-state index contributed by atoms with van der Waals surface area (Å²) in [7, 11) is 0. The number of nitrogens with zero attached hydrogens (tertiary/aromatic N) is 1.